The number of ether oxygens (including phenoxy) is 1. The first-order chi connectivity index (χ1) is 18.3. The lowest BCUT2D eigenvalue weighted by Crippen LogP contribution is -2.44. The maximum atomic E-state index is 15.7. The molecule has 0 amide bonds. The molecule has 0 N–H and O–H groups in total. The first kappa shape index (κ1) is 28.9. The topological polar surface area (TPSA) is 53.3 Å². The molecule has 0 saturated carbocycles. The van der Waals surface area contributed by atoms with E-state index < -0.39 is 52.4 Å². The third-order valence-electron chi connectivity index (χ3n) is 7.16. The SMILES string of the molecule is CC1N(Cc2ccccc2F)[C@@H](C(=O)OC(C)(C)C)[C@H](c2cccc(Cl)c2F)[C@@]1(C#N)c1ccc(Cl)cc1F. The molecule has 0 aliphatic carbocycles. The average Bonchev–Trinajstić information content (AvgIpc) is 3.09. The van der Waals surface area contributed by atoms with Crippen LogP contribution in [0.15, 0.2) is 60.7 Å². The molecular weight excluding hydrogens is 548 g/mol. The highest BCUT2D eigenvalue weighted by Gasteiger charge is 2.63. The molecule has 1 aliphatic rings. The Labute approximate surface area is 235 Å². The minimum atomic E-state index is -1.83. The summed E-state index contributed by atoms with van der Waals surface area (Å²) >= 11 is 12.2. The molecule has 0 spiro atoms. The Kier molecular flexibility index (Phi) is 8.05. The van der Waals surface area contributed by atoms with Gasteiger partial charge in [-0.05, 0) is 57.5 Å². The normalized spacial score (nSPS) is 23.4. The van der Waals surface area contributed by atoms with Crippen LogP contribution in [0.4, 0.5) is 13.2 Å². The van der Waals surface area contributed by atoms with Crippen LogP contribution in [0.5, 0.6) is 0 Å². The molecule has 1 fully saturated rings. The Hall–Kier alpha value is -3.05. The third kappa shape index (κ3) is 5.26. The van der Waals surface area contributed by atoms with Gasteiger partial charge in [-0.15, -0.1) is 0 Å². The Morgan fingerprint density at radius 3 is 2.36 bits per heavy atom. The van der Waals surface area contributed by atoms with Gasteiger partial charge in [-0.25, -0.2) is 13.2 Å². The largest absolute Gasteiger partial charge is 0.459 e. The van der Waals surface area contributed by atoms with Crippen LogP contribution >= 0.6 is 23.2 Å². The molecule has 3 aromatic carbocycles. The van der Waals surface area contributed by atoms with E-state index in [9.17, 15) is 14.4 Å². The maximum Gasteiger partial charge on any atom is 0.324 e. The molecular formula is C30H27Cl2F3N2O2. The minimum absolute atomic E-state index is 0.0582. The van der Waals surface area contributed by atoms with Crippen molar-refractivity contribution in [1.82, 2.24) is 4.90 Å². The van der Waals surface area contributed by atoms with Crippen molar-refractivity contribution in [2.45, 2.75) is 63.3 Å². The molecule has 0 aromatic heterocycles. The van der Waals surface area contributed by atoms with Crippen LogP contribution in [0.25, 0.3) is 0 Å². The molecule has 4 atom stereocenters. The fourth-order valence-corrected chi connectivity index (χ4v) is 5.85. The van der Waals surface area contributed by atoms with E-state index in [2.05, 4.69) is 6.07 Å². The summed E-state index contributed by atoms with van der Waals surface area (Å²) in [6.45, 7) is 6.54. The van der Waals surface area contributed by atoms with Crippen molar-refractivity contribution in [3.63, 3.8) is 0 Å². The lowest BCUT2D eigenvalue weighted by molar-refractivity contribution is -0.161. The molecule has 3 aromatic rings. The Bertz CT molecular complexity index is 1450. The van der Waals surface area contributed by atoms with Crippen molar-refractivity contribution < 1.29 is 22.7 Å². The monoisotopic (exact) mass is 574 g/mol. The second-order valence-electron chi connectivity index (χ2n) is 10.6. The van der Waals surface area contributed by atoms with E-state index in [-0.39, 0.29) is 33.3 Å². The maximum absolute atomic E-state index is 15.7. The molecule has 4 nitrogen and oxygen atoms in total. The first-order valence-electron chi connectivity index (χ1n) is 12.3. The number of nitriles is 1. The number of carbonyl (C=O) groups is 1. The van der Waals surface area contributed by atoms with Gasteiger partial charge in [-0.1, -0.05) is 59.6 Å². The van der Waals surface area contributed by atoms with Crippen molar-refractivity contribution in [3.05, 3.63) is 105 Å². The molecule has 1 heterocycles. The lowest BCUT2D eigenvalue weighted by atomic mass is 9.65. The Morgan fingerprint density at radius 1 is 1.05 bits per heavy atom. The van der Waals surface area contributed by atoms with Gasteiger partial charge in [-0.3, -0.25) is 9.69 Å². The molecule has 9 heteroatoms. The van der Waals surface area contributed by atoms with Crippen LogP contribution in [0.1, 0.15) is 50.3 Å². The molecule has 1 unspecified atom stereocenters. The van der Waals surface area contributed by atoms with Gasteiger partial charge >= 0.3 is 5.97 Å². The number of halogens is 5. The zero-order valence-corrected chi connectivity index (χ0v) is 23.3. The quantitative estimate of drug-likeness (QED) is 0.295. The molecule has 4 rings (SSSR count). The van der Waals surface area contributed by atoms with Crippen LogP contribution in [-0.2, 0) is 21.5 Å². The average molecular weight is 575 g/mol. The number of hydrogen-bond acceptors (Lipinski definition) is 4. The summed E-state index contributed by atoms with van der Waals surface area (Å²) in [6, 6.07) is 14.2. The minimum Gasteiger partial charge on any atom is -0.459 e. The van der Waals surface area contributed by atoms with Crippen molar-refractivity contribution >= 4 is 29.2 Å². The smallest absolute Gasteiger partial charge is 0.324 e. The number of benzene rings is 3. The van der Waals surface area contributed by atoms with Crippen LogP contribution in [0.3, 0.4) is 0 Å². The summed E-state index contributed by atoms with van der Waals surface area (Å²) < 4.78 is 52.0. The highest BCUT2D eigenvalue weighted by molar-refractivity contribution is 6.31. The second kappa shape index (κ2) is 10.8. The molecule has 1 aliphatic heterocycles. The standard InChI is InChI=1S/C30H27Cl2F3N2O2/c1-17-30(16-36,21-13-12-19(31)14-24(21)34)25(20-9-7-10-22(32)26(20)35)27(28(38)39-29(2,3)4)37(17)15-18-8-5-6-11-23(18)33/h5-14,17,25,27H,15H2,1-4H3/t17?,25-,27+,30+/m0/s1. The number of nitrogens with zero attached hydrogens (tertiary/aromatic N) is 2. The second-order valence-corrected chi connectivity index (χ2v) is 11.5. The molecule has 1 saturated heterocycles. The van der Waals surface area contributed by atoms with E-state index >= 15 is 8.78 Å². The number of hydrogen-bond donors (Lipinski definition) is 0. The van der Waals surface area contributed by atoms with E-state index in [1.807, 2.05) is 0 Å². The lowest BCUT2D eigenvalue weighted by Gasteiger charge is -2.34. The van der Waals surface area contributed by atoms with Crippen LogP contribution in [0.2, 0.25) is 10.0 Å². The fraction of sp³-hybridized carbons (Fsp3) is 0.333. The zero-order valence-electron chi connectivity index (χ0n) is 21.8. The molecule has 39 heavy (non-hydrogen) atoms. The van der Waals surface area contributed by atoms with Gasteiger partial charge < -0.3 is 4.74 Å². The van der Waals surface area contributed by atoms with Gasteiger partial charge in [0.15, 0.2) is 0 Å². The van der Waals surface area contributed by atoms with Gasteiger partial charge in [0.2, 0.25) is 0 Å². The van der Waals surface area contributed by atoms with Gasteiger partial charge in [0, 0.05) is 34.7 Å². The molecule has 204 valence electrons. The predicted molar refractivity (Wildman–Crippen MR) is 144 cm³/mol. The fourth-order valence-electron chi connectivity index (χ4n) is 5.51. The van der Waals surface area contributed by atoms with Crippen molar-refractivity contribution in [3.8, 4) is 6.07 Å². The highest BCUT2D eigenvalue weighted by Crippen LogP contribution is 2.55. The highest BCUT2D eigenvalue weighted by atomic mass is 35.5. The van der Waals surface area contributed by atoms with Crippen LogP contribution in [0, 0.1) is 28.8 Å². The number of rotatable bonds is 5. The van der Waals surface area contributed by atoms with Crippen molar-refractivity contribution in [2.75, 3.05) is 0 Å². The predicted octanol–water partition coefficient (Wildman–Crippen LogP) is 7.57. The summed E-state index contributed by atoms with van der Waals surface area (Å²) in [6.07, 6.45) is 0. The Balaban J connectivity index is 2.05. The summed E-state index contributed by atoms with van der Waals surface area (Å²) in [5, 5.41) is 10.7. The number of likely N-dealkylation sites (tertiary alicyclic amines) is 1. The third-order valence-corrected chi connectivity index (χ3v) is 7.68. The summed E-state index contributed by atoms with van der Waals surface area (Å²) in [5.74, 6) is -4.20. The number of esters is 1. The van der Waals surface area contributed by atoms with E-state index in [1.165, 1.54) is 42.5 Å². The van der Waals surface area contributed by atoms with Crippen molar-refractivity contribution in [1.29, 1.82) is 5.26 Å². The van der Waals surface area contributed by atoms with Gasteiger partial charge in [-0.2, -0.15) is 5.26 Å². The van der Waals surface area contributed by atoms with E-state index in [4.69, 9.17) is 27.9 Å². The first-order valence-corrected chi connectivity index (χ1v) is 13.1. The van der Waals surface area contributed by atoms with E-state index in [0.29, 0.717) is 0 Å². The van der Waals surface area contributed by atoms with Crippen LogP contribution in [-0.4, -0.2) is 28.6 Å². The molecule has 0 bridgehead atoms. The van der Waals surface area contributed by atoms with E-state index in [0.717, 1.165) is 6.07 Å². The van der Waals surface area contributed by atoms with Crippen molar-refractivity contribution in [2.24, 2.45) is 0 Å². The summed E-state index contributed by atoms with van der Waals surface area (Å²) in [4.78, 5) is 15.5. The van der Waals surface area contributed by atoms with E-state index in [1.54, 1.807) is 44.7 Å². The summed E-state index contributed by atoms with van der Waals surface area (Å²) in [5.41, 5.74) is -2.65. The zero-order chi connectivity index (χ0) is 28.7. The van der Waals surface area contributed by atoms with Gasteiger partial charge in [0.1, 0.15) is 34.5 Å². The number of carbonyl (C=O) groups excluding carboxylic acids is 1. The van der Waals surface area contributed by atoms with Crippen LogP contribution < -0.4 is 0 Å². The van der Waals surface area contributed by atoms with Gasteiger partial charge in [0.25, 0.3) is 0 Å². The summed E-state index contributed by atoms with van der Waals surface area (Å²) in [7, 11) is 0. The molecule has 0 radical (unpaired) electrons. The Morgan fingerprint density at radius 2 is 1.74 bits per heavy atom. The van der Waals surface area contributed by atoms with Gasteiger partial charge in [0.05, 0.1) is 11.1 Å².